The molecule has 0 saturated carbocycles. The molecule has 0 aliphatic carbocycles. The molecule has 2 rings (SSSR count). The van der Waals surface area contributed by atoms with Crippen LogP contribution in [0.5, 0.6) is 5.75 Å². The highest BCUT2D eigenvalue weighted by Gasteiger charge is 2.22. The average Bonchev–Trinajstić information content (AvgIpc) is 2.56. The molecule has 0 aliphatic heterocycles. The van der Waals surface area contributed by atoms with Gasteiger partial charge in [-0.05, 0) is 30.7 Å². The van der Waals surface area contributed by atoms with Gasteiger partial charge in [0.15, 0.2) is 0 Å². The SMILES string of the molecule is COc1ccc(C)cc1S(=O)(=O)NC[C@@H](OC)c1ccccc1Cl. The number of rotatable bonds is 7. The standard InChI is InChI=1S/C17H20ClNO4S/c1-12-8-9-15(22-2)17(10-12)24(20,21)19-11-16(23-3)13-6-4-5-7-14(13)18/h4-10,16,19H,11H2,1-3H3/t16-/m1/s1. The molecule has 5 nitrogen and oxygen atoms in total. The van der Waals surface area contributed by atoms with Gasteiger partial charge in [0.25, 0.3) is 0 Å². The first kappa shape index (κ1) is 18.7. The summed E-state index contributed by atoms with van der Waals surface area (Å²) in [5.74, 6) is 0.291. The fourth-order valence-electron chi connectivity index (χ4n) is 2.31. The summed E-state index contributed by atoms with van der Waals surface area (Å²) in [5, 5.41) is 0.525. The van der Waals surface area contributed by atoms with Gasteiger partial charge in [0.05, 0.1) is 13.2 Å². The first-order valence-corrected chi connectivity index (χ1v) is 9.16. The van der Waals surface area contributed by atoms with Gasteiger partial charge in [0, 0.05) is 24.2 Å². The van der Waals surface area contributed by atoms with Crippen LogP contribution in [0, 0.1) is 6.92 Å². The van der Waals surface area contributed by atoms with Crippen LogP contribution in [0.3, 0.4) is 0 Å². The van der Waals surface area contributed by atoms with Crippen molar-refractivity contribution in [3.05, 3.63) is 58.6 Å². The van der Waals surface area contributed by atoms with E-state index in [1.807, 2.05) is 13.0 Å². The van der Waals surface area contributed by atoms with Crippen LogP contribution < -0.4 is 9.46 Å². The lowest BCUT2D eigenvalue weighted by Gasteiger charge is -2.18. The number of nitrogens with one attached hydrogen (secondary N) is 1. The zero-order valence-electron chi connectivity index (χ0n) is 13.7. The molecule has 130 valence electrons. The summed E-state index contributed by atoms with van der Waals surface area (Å²) >= 11 is 6.16. The van der Waals surface area contributed by atoms with E-state index < -0.39 is 16.1 Å². The fourth-order valence-corrected chi connectivity index (χ4v) is 3.85. The van der Waals surface area contributed by atoms with Crippen molar-refractivity contribution >= 4 is 21.6 Å². The van der Waals surface area contributed by atoms with E-state index in [-0.39, 0.29) is 11.4 Å². The maximum Gasteiger partial charge on any atom is 0.244 e. The lowest BCUT2D eigenvalue weighted by molar-refractivity contribution is 0.107. The highest BCUT2D eigenvalue weighted by Crippen LogP contribution is 2.27. The molecular formula is C17H20ClNO4S. The number of ether oxygens (including phenoxy) is 2. The van der Waals surface area contributed by atoms with E-state index in [1.54, 1.807) is 36.4 Å². The average molecular weight is 370 g/mol. The number of aryl methyl sites for hydroxylation is 1. The Morgan fingerprint density at radius 1 is 1.17 bits per heavy atom. The molecule has 0 fully saturated rings. The van der Waals surface area contributed by atoms with Gasteiger partial charge in [0.1, 0.15) is 10.6 Å². The Morgan fingerprint density at radius 3 is 2.50 bits per heavy atom. The molecule has 0 radical (unpaired) electrons. The van der Waals surface area contributed by atoms with E-state index in [1.165, 1.54) is 14.2 Å². The van der Waals surface area contributed by atoms with Crippen molar-refractivity contribution < 1.29 is 17.9 Å². The molecule has 24 heavy (non-hydrogen) atoms. The molecule has 2 aromatic rings. The molecule has 2 aromatic carbocycles. The van der Waals surface area contributed by atoms with E-state index in [0.29, 0.717) is 10.8 Å². The maximum absolute atomic E-state index is 12.6. The zero-order valence-corrected chi connectivity index (χ0v) is 15.3. The third-order valence-electron chi connectivity index (χ3n) is 3.60. The Balaban J connectivity index is 2.24. The van der Waals surface area contributed by atoms with Gasteiger partial charge >= 0.3 is 0 Å². The molecule has 0 aromatic heterocycles. The van der Waals surface area contributed by atoms with Crippen LogP contribution >= 0.6 is 11.6 Å². The number of hydrogen-bond donors (Lipinski definition) is 1. The smallest absolute Gasteiger partial charge is 0.244 e. The Hall–Kier alpha value is -1.60. The second-order valence-corrected chi connectivity index (χ2v) is 7.39. The molecule has 1 atom stereocenters. The highest BCUT2D eigenvalue weighted by molar-refractivity contribution is 7.89. The molecule has 0 amide bonds. The quantitative estimate of drug-likeness (QED) is 0.813. The van der Waals surface area contributed by atoms with Gasteiger partial charge in [-0.25, -0.2) is 13.1 Å². The van der Waals surface area contributed by atoms with E-state index in [9.17, 15) is 8.42 Å². The Bertz CT molecular complexity index is 808. The molecular weight excluding hydrogens is 350 g/mol. The largest absolute Gasteiger partial charge is 0.495 e. The van der Waals surface area contributed by atoms with E-state index in [0.717, 1.165) is 11.1 Å². The van der Waals surface area contributed by atoms with Crippen LogP contribution in [-0.2, 0) is 14.8 Å². The lowest BCUT2D eigenvalue weighted by Crippen LogP contribution is -2.29. The van der Waals surface area contributed by atoms with Crippen molar-refractivity contribution in [2.24, 2.45) is 0 Å². The van der Waals surface area contributed by atoms with E-state index in [4.69, 9.17) is 21.1 Å². The molecule has 0 spiro atoms. The summed E-state index contributed by atoms with van der Waals surface area (Å²) in [7, 11) is -0.804. The van der Waals surface area contributed by atoms with Crippen molar-refractivity contribution in [1.29, 1.82) is 0 Å². The van der Waals surface area contributed by atoms with Crippen molar-refractivity contribution in [1.82, 2.24) is 4.72 Å². The molecule has 1 N–H and O–H groups in total. The molecule has 0 saturated heterocycles. The second-order valence-electron chi connectivity index (χ2n) is 5.25. The molecule has 0 bridgehead atoms. The Morgan fingerprint density at radius 2 is 1.88 bits per heavy atom. The predicted octanol–water partition coefficient (Wildman–Crippen LogP) is 3.32. The third kappa shape index (κ3) is 4.27. The lowest BCUT2D eigenvalue weighted by atomic mass is 10.1. The van der Waals surface area contributed by atoms with Crippen molar-refractivity contribution in [2.75, 3.05) is 20.8 Å². The van der Waals surface area contributed by atoms with E-state index in [2.05, 4.69) is 4.72 Å². The van der Waals surface area contributed by atoms with Crippen molar-refractivity contribution in [3.8, 4) is 5.75 Å². The minimum absolute atomic E-state index is 0.0552. The van der Waals surface area contributed by atoms with Crippen LogP contribution in [-0.4, -0.2) is 29.2 Å². The number of methoxy groups -OCH3 is 2. The molecule has 7 heteroatoms. The first-order valence-electron chi connectivity index (χ1n) is 7.30. The van der Waals surface area contributed by atoms with Crippen LogP contribution in [0.1, 0.15) is 17.2 Å². The highest BCUT2D eigenvalue weighted by atomic mass is 35.5. The number of halogens is 1. The van der Waals surface area contributed by atoms with Crippen LogP contribution in [0.4, 0.5) is 0 Å². The van der Waals surface area contributed by atoms with Crippen LogP contribution in [0.25, 0.3) is 0 Å². The molecule has 0 heterocycles. The summed E-state index contributed by atoms with van der Waals surface area (Å²) in [6.45, 7) is 1.87. The fraction of sp³-hybridized carbons (Fsp3) is 0.294. The van der Waals surface area contributed by atoms with Gasteiger partial charge in [-0.3, -0.25) is 0 Å². The van der Waals surface area contributed by atoms with Gasteiger partial charge in [-0.2, -0.15) is 0 Å². The second kappa shape index (κ2) is 7.98. The monoisotopic (exact) mass is 369 g/mol. The third-order valence-corrected chi connectivity index (χ3v) is 5.39. The van der Waals surface area contributed by atoms with Gasteiger partial charge < -0.3 is 9.47 Å². The number of benzene rings is 2. The Kier molecular flexibility index (Phi) is 6.23. The van der Waals surface area contributed by atoms with Gasteiger partial charge in [-0.15, -0.1) is 0 Å². The van der Waals surface area contributed by atoms with E-state index >= 15 is 0 Å². The number of hydrogen-bond acceptors (Lipinski definition) is 4. The summed E-state index contributed by atoms with van der Waals surface area (Å²) in [5.41, 5.74) is 1.55. The summed E-state index contributed by atoms with van der Waals surface area (Å²) in [6, 6.07) is 12.2. The minimum Gasteiger partial charge on any atom is -0.495 e. The zero-order chi connectivity index (χ0) is 17.7. The molecule has 0 unspecified atom stereocenters. The number of sulfonamides is 1. The van der Waals surface area contributed by atoms with Crippen LogP contribution in [0.15, 0.2) is 47.4 Å². The van der Waals surface area contributed by atoms with Gasteiger partial charge in [0.2, 0.25) is 10.0 Å². The maximum atomic E-state index is 12.6. The summed E-state index contributed by atoms with van der Waals surface area (Å²) in [4.78, 5) is 0.0963. The summed E-state index contributed by atoms with van der Waals surface area (Å²) < 4.78 is 38.3. The topological polar surface area (TPSA) is 64.6 Å². The van der Waals surface area contributed by atoms with Crippen LogP contribution in [0.2, 0.25) is 5.02 Å². The van der Waals surface area contributed by atoms with Crippen molar-refractivity contribution in [2.45, 2.75) is 17.9 Å². The van der Waals surface area contributed by atoms with Gasteiger partial charge in [-0.1, -0.05) is 35.9 Å². The predicted molar refractivity (Wildman–Crippen MR) is 94.1 cm³/mol. The normalized spacial score (nSPS) is 12.8. The minimum atomic E-state index is -3.75. The molecule has 0 aliphatic rings. The first-order chi connectivity index (χ1) is 11.4. The van der Waals surface area contributed by atoms with Crippen molar-refractivity contribution in [3.63, 3.8) is 0 Å². The summed E-state index contributed by atoms with van der Waals surface area (Å²) in [6.07, 6.45) is -0.496. The Labute approximate surface area is 147 Å².